The summed E-state index contributed by atoms with van der Waals surface area (Å²) in [6.45, 7) is 1.72. The fourth-order valence-corrected chi connectivity index (χ4v) is 4.18. The number of amides is 1. The summed E-state index contributed by atoms with van der Waals surface area (Å²) in [7, 11) is 0. The molecular formula is C18H16N6OS. The average molecular weight is 364 g/mol. The second kappa shape index (κ2) is 6.06. The Morgan fingerprint density at radius 3 is 2.81 bits per heavy atom. The lowest BCUT2D eigenvalue weighted by Gasteiger charge is -2.13. The van der Waals surface area contributed by atoms with Crippen LogP contribution in [0.5, 0.6) is 0 Å². The first kappa shape index (κ1) is 15.3. The number of aromatic amines is 1. The molecule has 1 N–H and O–H groups in total. The lowest BCUT2D eigenvalue weighted by Crippen LogP contribution is -2.26. The first-order valence-corrected chi connectivity index (χ1v) is 9.38. The number of hydrogen-bond donors (Lipinski definition) is 1. The lowest BCUT2D eigenvalue weighted by molar-refractivity contribution is 0.0797. The van der Waals surface area contributed by atoms with Gasteiger partial charge in [0.15, 0.2) is 5.65 Å². The van der Waals surface area contributed by atoms with E-state index >= 15 is 0 Å². The summed E-state index contributed by atoms with van der Waals surface area (Å²) >= 11 is 1.48. The highest BCUT2D eigenvalue weighted by molar-refractivity contribution is 7.12. The molecule has 0 atom stereocenters. The maximum absolute atomic E-state index is 12.6. The highest BCUT2D eigenvalue weighted by Gasteiger charge is 2.21. The van der Waals surface area contributed by atoms with Gasteiger partial charge in [-0.2, -0.15) is 10.2 Å². The van der Waals surface area contributed by atoms with Gasteiger partial charge in [0.1, 0.15) is 0 Å². The summed E-state index contributed by atoms with van der Waals surface area (Å²) < 4.78 is 1.76. The van der Waals surface area contributed by atoms with Crippen LogP contribution in [0.1, 0.15) is 22.5 Å². The lowest BCUT2D eigenvalue weighted by atomic mass is 10.1. The number of carbonyl (C=O) groups is 1. The van der Waals surface area contributed by atoms with Crippen molar-refractivity contribution < 1.29 is 4.79 Å². The molecule has 0 bridgehead atoms. The Bertz CT molecular complexity index is 1070. The third-order valence-corrected chi connectivity index (χ3v) is 5.62. The molecule has 0 aromatic carbocycles. The fraction of sp³-hybridized carbons (Fsp3) is 0.222. The molecule has 130 valence electrons. The normalized spacial score (nSPS) is 14.4. The van der Waals surface area contributed by atoms with Crippen molar-refractivity contribution in [1.82, 2.24) is 29.7 Å². The minimum atomic E-state index is 0.130. The highest BCUT2D eigenvalue weighted by atomic mass is 32.1. The van der Waals surface area contributed by atoms with Crippen LogP contribution in [0.2, 0.25) is 0 Å². The Balaban J connectivity index is 1.48. The van der Waals surface area contributed by atoms with Gasteiger partial charge in [-0.05, 0) is 29.9 Å². The SMILES string of the molecule is O=C(c1cc(-c2cnn3cc(-c4cn[nH]c4)cnc23)cs1)N1CCCC1. The third-order valence-electron chi connectivity index (χ3n) is 4.70. The molecule has 26 heavy (non-hydrogen) atoms. The molecule has 1 fully saturated rings. The van der Waals surface area contributed by atoms with Crippen molar-refractivity contribution in [3.63, 3.8) is 0 Å². The molecule has 8 heteroatoms. The molecule has 0 unspecified atom stereocenters. The van der Waals surface area contributed by atoms with Gasteiger partial charge in [-0.15, -0.1) is 11.3 Å². The Morgan fingerprint density at radius 1 is 1.12 bits per heavy atom. The number of rotatable bonds is 3. The zero-order valence-electron chi connectivity index (χ0n) is 13.9. The summed E-state index contributed by atoms with van der Waals surface area (Å²) in [6.07, 6.45) is 11.3. The van der Waals surface area contributed by atoms with Gasteiger partial charge in [-0.25, -0.2) is 9.50 Å². The summed E-state index contributed by atoms with van der Waals surface area (Å²) in [5.41, 5.74) is 4.59. The van der Waals surface area contributed by atoms with E-state index in [1.807, 2.05) is 34.9 Å². The first-order chi connectivity index (χ1) is 12.8. The number of likely N-dealkylation sites (tertiary alicyclic amines) is 1. The molecule has 7 nitrogen and oxygen atoms in total. The Kier molecular flexibility index (Phi) is 3.56. The fourth-order valence-electron chi connectivity index (χ4n) is 3.30. The maximum Gasteiger partial charge on any atom is 0.263 e. The Hall–Kier alpha value is -3.00. The predicted molar refractivity (Wildman–Crippen MR) is 99.0 cm³/mol. The van der Waals surface area contributed by atoms with Crippen molar-refractivity contribution in [2.45, 2.75) is 12.8 Å². The molecule has 0 spiro atoms. The van der Waals surface area contributed by atoms with Crippen molar-refractivity contribution >= 4 is 22.9 Å². The van der Waals surface area contributed by atoms with Gasteiger partial charge in [0.25, 0.3) is 5.91 Å². The highest BCUT2D eigenvalue weighted by Crippen LogP contribution is 2.30. The van der Waals surface area contributed by atoms with Crippen LogP contribution in [0, 0.1) is 0 Å². The number of nitrogens with zero attached hydrogens (tertiary/aromatic N) is 5. The van der Waals surface area contributed by atoms with Crippen molar-refractivity contribution in [3.05, 3.63) is 47.3 Å². The molecule has 1 aliphatic rings. The zero-order valence-corrected chi connectivity index (χ0v) is 14.7. The molecule has 0 aliphatic carbocycles. The molecule has 1 amide bonds. The minimum absolute atomic E-state index is 0.130. The molecule has 4 aromatic heterocycles. The largest absolute Gasteiger partial charge is 0.338 e. The monoisotopic (exact) mass is 364 g/mol. The second-order valence-corrected chi connectivity index (χ2v) is 7.27. The van der Waals surface area contributed by atoms with E-state index in [1.165, 1.54) is 11.3 Å². The number of hydrogen-bond acceptors (Lipinski definition) is 5. The maximum atomic E-state index is 12.6. The van der Waals surface area contributed by atoms with E-state index in [-0.39, 0.29) is 5.91 Å². The van der Waals surface area contributed by atoms with Crippen LogP contribution in [-0.2, 0) is 0 Å². The van der Waals surface area contributed by atoms with Crippen molar-refractivity contribution in [3.8, 4) is 22.3 Å². The van der Waals surface area contributed by atoms with E-state index in [4.69, 9.17) is 0 Å². The van der Waals surface area contributed by atoms with Gasteiger partial charge in [0.2, 0.25) is 0 Å². The zero-order chi connectivity index (χ0) is 17.5. The molecule has 1 saturated heterocycles. The Morgan fingerprint density at radius 2 is 2.00 bits per heavy atom. The van der Waals surface area contributed by atoms with Crippen molar-refractivity contribution in [2.24, 2.45) is 0 Å². The number of nitrogens with one attached hydrogen (secondary N) is 1. The number of carbonyl (C=O) groups excluding carboxylic acids is 1. The van der Waals surface area contributed by atoms with Gasteiger partial charge in [-0.1, -0.05) is 0 Å². The van der Waals surface area contributed by atoms with Crippen LogP contribution in [0.25, 0.3) is 27.9 Å². The molecule has 5 rings (SSSR count). The summed E-state index contributed by atoms with van der Waals surface area (Å²) in [6, 6.07) is 1.95. The van der Waals surface area contributed by atoms with Crippen LogP contribution in [0.4, 0.5) is 0 Å². The predicted octanol–water partition coefficient (Wildman–Crippen LogP) is 3.08. The Labute approximate surface area is 153 Å². The van der Waals surface area contributed by atoms with E-state index < -0.39 is 0 Å². The molecule has 5 heterocycles. The first-order valence-electron chi connectivity index (χ1n) is 8.50. The van der Waals surface area contributed by atoms with E-state index in [1.54, 1.807) is 16.9 Å². The van der Waals surface area contributed by atoms with Crippen molar-refractivity contribution in [2.75, 3.05) is 13.1 Å². The van der Waals surface area contributed by atoms with Gasteiger partial charge in [0, 0.05) is 48.4 Å². The number of thiophene rings is 1. The number of H-pyrrole nitrogens is 1. The van der Waals surface area contributed by atoms with Crippen LogP contribution < -0.4 is 0 Å². The molecule has 0 radical (unpaired) electrons. The summed E-state index contributed by atoms with van der Waals surface area (Å²) in [4.78, 5) is 19.8. The average Bonchev–Trinajstić information content (AvgIpc) is 3.48. The third kappa shape index (κ3) is 2.50. The quantitative estimate of drug-likeness (QED) is 0.606. The number of fused-ring (bicyclic) bond motifs is 1. The molecule has 0 saturated carbocycles. The van der Waals surface area contributed by atoms with Crippen LogP contribution in [-0.4, -0.2) is 48.7 Å². The van der Waals surface area contributed by atoms with Gasteiger partial charge in [0.05, 0.1) is 17.3 Å². The van der Waals surface area contributed by atoms with E-state index in [0.29, 0.717) is 0 Å². The van der Waals surface area contributed by atoms with Crippen molar-refractivity contribution in [1.29, 1.82) is 0 Å². The summed E-state index contributed by atoms with van der Waals surface area (Å²) in [5.74, 6) is 0.130. The standard InChI is InChI=1S/C18H16N6OS/c25-18(23-3-1-2-4-23)16-5-12(11-26-16)15-9-22-24-10-14(6-19-17(15)24)13-7-20-21-8-13/h5-11H,1-4H2,(H,20,21). The van der Waals surface area contributed by atoms with E-state index in [9.17, 15) is 4.79 Å². The van der Waals surface area contributed by atoms with Gasteiger partial charge >= 0.3 is 0 Å². The topological polar surface area (TPSA) is 79.2 Å². The van der Waals surface area contributed by atoms with Crippen LogP contribution in [0.3, 0.4) is 0 Å². The van der Waals surface area contributed by atoms with Crippen LogP contribution in [0.15, 0.2) is 42.4 Å². The molecule has 1 aliphatic heterocycles. The van der Waals surface area contributed by atoms with Crippen LogP contribution >= 0.6 is 11.3 Å². The molecular weight excluding hydrogens is 348 g/mol. The van der Waals surface area contributed by atoms with Gasteiger partial charge < -0.3 is 4.90 Å². The van der Waals surface area contributed by atoms with E-state index in [2.05, 4.69) is 20.3 Å². The number of aromatic nitrogens is 5. The molecule has 4 aromatic rings. The minimum Gasteiger partial charge on any atom is -0.338 e. The smallest absolute Gasteiger partial charge is 0.263 e. The second-order valence-electron chi connectivity index (χ2n) is 6.35. The van der Waals surface area contributed by atoms with Gasteiger partial charge in [-0.3, -0.25) is 9.89 Å². The summed E-state index contributed by atoms with van der Waals surface area (Å²) in [5, 5.41) is 13.2. The van der Waals surface area contributed by atoms with E-state index in [0.717, 1.165) is 58.7 Å².